The van der Waals surface area contributed by atoms with Crippen LogP contribution in [-0.4, -0.2) is 17.1 Å². The molecule has 1 saturated carbocycles. The second-order valence-corrected chi connectivity index (χ2v) is 6.30. The van der Waals surface area contributed by atoms with Gasteiger partial charge in [0.25, 0.3) is 5.91 Å². The van der Waals surface area contributed by atoms with Crippen LogP contribution in [0.2, 0.25) is 0 Å². The van der Waals surface area contributed by atoms with Crippen molar-refractivity contribution in [3.63, 3.8) is 0 Å². The van der Waals surface area contributed by atoms with Crippen molar-refractivity contribution in [2.75, 3.05) is 0 Å². The first kappa shape index (κ1) is 13.6. The van der Waals surface area contributed by atoms with E-state index < -0.39 is 0 Å². The van der Waals surface area contributed by atoms with Gasteiger partial charge in [-0.25, -0.2) is 0 Å². The molecule has 0 bridgehead atoms. The minimum atomic E-state index is -0.0729. The predicted molar refractivity (Wildman–Crippen MR) is 83.7 cm³/mol. The number of aryl methyl sites for hydroxylation is 1. The number of aromatic nitrogens is 1. The third-order valence-electron chi connectivity index (χ3n) is 4.85. The molecule has 2 aromatic rings. The highest BCUT2D eigenvalue weighted by molar-refractivity contribution is 5.95. The molecular weight excluding hydrogens is 276 g/mol. The Bertz CT molecular complexity index is 699. The molecule has 1 heterocycles. The van der Waals surface area contributed by atoms with Crippen LogP contribution in [0.25, 0.3) is 11.3 Å². The van der Waals surface area contributed by atoms with Gasteiger partial charge in [-0.1, -0.05) is 48.7 Å². The second-order valence-electron chi connectivity index (χ2n) is 6.30. The molecule has 4 nitrogen and oxygen atoms in total. The quantitative estimate of drug-likeness (QED) is 0.922. The summed E-state index contributed by atoms with van der Waals surface area (Å²) in [6.45, 7) is 0. The highest BCUT2D eigenvalue weighted by Crippen LogP contribution is 2.35. The molecule has 0 unspecified atom stereocenters. The van der Waals surface area contributed by atoms with Crippen molar-refractivity contribution in [2.45, 2.75) is 51.0 Å². The molecule has 1 fully saturated rings. The van der Waals surface area contributed by atoms with Crippen LogP contribution in [0.15, 0.2) is 28.8 Å². The van der Waals surface area contributed by atoms with Gasteiger partial charge in [-0.2, -0.15) is 0 Å². The van der Waals surface area contributed by atoms with Gasteiger partial charge >= 0.3 is 0 Å². The Morgan fingerprint density at radius 1 is 1.14 bits per heavy atom. The summed E-state index contributed by atoms with van der Waals surface area (Å²) in [4.78, 5) is 12.5. The van der Waals surface area contributed by atoms with Crippen molar-refractivity contribution in [1.82, 2.24) is 10.5 Å². The van der Waals surface area contributed by atoms with E-state index in [0.29, 0.717) is 11.7 Å². The second kappa shape index (κ2) is 5.59. The van der Waals surface area contributed by atoms with Crippen molar-refractivity contribution in [3.05, 3.63) is 41.1 Å². The maximum Gasteiger partial charge on any atom is 0.273 e. The van der Waals surface area contributed by atoms with E-state index in [4.69, 9.17) is 4.52 Å². The summed E-state index contributed by atoms with van der Waals surface area (Å²) in [5.41, 5.74) is 3.79. The van der Waals surface area contributed by atoms with Gasteiger partial charge in [0.15, 0.2) is 11.5 Å². The first-order valence-electron chi connectivity index (χ1n) is 8.20. The van der Waals surface area contributed by atoms with Crippen molar-refractivity contribution in [2.24, 2.45) is 0 Å². The number of hydrogen-bond acceptors (Lipinski definition) is 3. The van der Waals surface area contributed by atoms with Crippen molar-refractivity contribution in [1.29, 1.82) is 0 Å². The van der Waals surface area contributed by atoms with Gasteiger partial charge in [0.2, 0.25) is 0 Å². The molecule has 114 valence electrons. The summed E-state index contributed by atoms with van der Waals surface area (Å²) >= 11 is 0. The van der Waals surface area contributed by atoms with Crippen LogP contribution < -0.4 is 5.32 Å². The smallest absolute Gasteiger partial charge is 0.273 e. The van der Waals surface area contributed by atoms with Crippen LogP contribution >= 0.6 is 0 Å². The fourth-order valence-corrected chi connectivity index (χ4v) is 3.65. The number of nitrogens with zero attached hydrogens (tertiary/aromatic N) is 1. The molecule has 22 heavy (non-hydrogen) atoms. The molecule has 0 saturated heterocycles. The van der Waals surface area contributed by atoms with Gasteiger partial charge in [-0.15, -0.1) is 0 Å². The topological polar surface area (TPSA) is 55.1 Å². The molecule has 1 aromatic carbocycles. The van der Waals surface area contributed by atoms with Crippen molar-refractivity contribution >= 4 is 5.91 Å². The van der Waals surface area contributed by atoms with Crippen LogP contribution in [0.5, 0.6) is 0 Å². The molecule has 0 radical (unpaired) electrons. The van der Waals surface area contributed by atoms with E-state index >= 15 is 0 Å². The fourth-order valence-electron chi connectivity index (χ4n) is 3.65. The van der Waals surface area contributed by atoms with Gasteiger partial charge in [0.1, 0.15) is 0 Å². The summed E-state index contributed by atoms with van der Waals surface area (Å²) in [6.07, 6.45) is 7.60. The lowest BCUT2D eigenvalue weighted by Gasteiger charge is -2.22. The molecule has 1 amide bonds. The van der Waals surface area contributed by atoms with Gasteiger partial charge in [-0.3, -0.25) is 4.79 Å². The van der Waals surface area contributed by atoms with E-state index in [1.54, 1.807) is 0 Å². The third kappa shape index (κ3) is 2.32. The standard InChI is InChI=1S/C18H20N2O2/c21-18(19-13-7-2-1-3-8-13)16-15-11-10-12-6-4-5-9-14(12)17(15)22-20-16/h4-6,9,13H,1-3,7-8,10-11H2,(H,19,21). The lowest BCUT2D eigenvalue weighted by molar-refractivity contribution is 0.0918. The number of benzene rings is 1. The van der Waals surface area contributed by atoms with Crippen molar-refractivity contribution in [3.8, 4) is 11.3 Å². The molecule has 0 aliphatic heterocycles. The summed E-state index contributed by atoms with van der Waals surface area (Å²) in [5, 5.41) is 7.21. The number of rotatable bonds is 2. The molecular formula is C18H20N2O2. The van der Waals surface area contributed by atoms with Crippen LogP contribution in [0, 0.1) is 0 Å². The summed E-state index contributed by atoms with van der Waals surface area (Å²) in [6, 6.07) is 8.49. The molecule has 2 aliphatic rings. The Kier molecular flexibility index (Phi) is 3.45. The number of hydrogen-bond donors (Lipinski definition) is 1. The van der Waals surface area contributed by atoms with Gasteiger partial charge in [-0.05, 0) is 31.2 Å². The van der Waals surface area contributed by atoms with Crippen LogP contribution in [0.4, 0.5) is 0 Å². The highest BCUT2D eigenvalue weighted by Gasteiger charge is 2.28. The minimum Gasteiger partial charge on any atom is -0.355 e. The normalized spacial score (nSPS) is 17.6. The van der Waals surface area contributed by atoms with E-state index in [-0.39, 0.29) is 5.91 Å². The Labute approximate surface area is 129 Å². The Hall–Kier alpha value is -2.10. The lowest BCUT2D eigenvalue weighted by Crippen LogP contribution is -2.36. The SMILES string of the molecule is O=C(NC1CCCCC1)c1noc2c1CCc1ccccc1-2. The molecule has 1 N–H and O–H groups in total. The number of amides is 1. The molecule has 4 heteroatoms. The Morgan fingerprint density at radius 2 is 1.95 bits per heavy atom. The van der Waals surface area contributed by atoms with E-state index in [2.05, 4.69) is 16.5 Å². The summed E-state index contributed by atoms with van der Waals surface area (Å²) in [5.74, 6) is 0.701. The minimum absolute atomic E-state index is 0.0729. The highest BCUT2D eigenvalue weighted by atomic mass is 16.5. The molecule has 0 atom stereocenters. The first-order chi connectivity index (χ1) is 10.8. The van der Waals surface area contributed by atoms with E-state index in [9.17, 15) is 4.79 Å². The lowest BCUT2D eigenvalue weighted by atomic mass is 9.89. The zero-order valence-electron chi connectivity index (χ0n) is 12.6. The molecule has 0 spiro atoms. The number of carbonyl (C=O) groups excluding carboxylic acids is 1. The number of carbonyl (C=O) groups is 1. The van der Waals surface area contributed by atoms with E-state index in [0.717, 1.165) is 42.6 Å². The third-order valence-corrected chi connectivity index (χ3v) is 4.85. The largest absolute Gasteiger partial charge is 0.355 e. The van der Waals surface area contributed by atoms with Gasteiger partial charge in [0.05, 0.1) is 0 Å². The maximum absolute atomic E-state index is 12.5. The zero-order valence-corrected chi connectivity index (χ0v) is 12.6. The maximum atomic E-state index is 12.5. The van der Waals surface area contributed by atoms with Gasteiger partial charge < -0.3 is 9.84 Å². The predicted octanol–water partition coefficient (Wildman–Crippen LogP) is 3.50. The molecule has 2 aliphatic carbocycles. The van der Waals surface area contributed by atoms with Crippen LogP contribution in [0.3, 0.4) is 0 Å². The Balaban J connectivity index is 1.60. The monoisotopic (exact) mass is 296 g/mol. The van der Waals surface area contributed by atoms with Crippen LogP contribution in [-0.2, 0) is 12.8 Å². The van der Waals surface area contributed by atoms with Crippen LogP contribution in [0.1, 0.15) is 53.7 Å². The van der Waals surface area contributed by atoms with E-state index in [1.165, 1.54) is 24.8 Å². The van der Waals surface area contributed by atoms with Crippen molar-refractivity contribution < 1.29 is 9.32 Å². The molecule has 1 aromatic heterocycles. The summed E-state index contributed by atoms with van der Waals surface area (Å²) < 4.78 is 5.51. The molecule has 4 rings (SSSR count). The van der Waals surface area contributed by atoms with Gasteiger partial charge in [0, 0.05) is 17.2 Å². The van der Waals surface area contributed by atoms with E-state index in [1.807, 2.05) is 18.2 Å². The fraction of sp³-hybridized carbons (Fsp3) is 0.444. The zero-order chi connectivity index (χ0) is 14.9. The number of nitrogens with one attached hydrogen (secondary N) is 1. The Morgan fingerprint density at radius 3 is 2.82 bits per heavy atom. The first-order valence-corrected chi connectivity index (χ1v) is 8.20. The average Bonchev–Trinajstić information content (AvgIpc) is 3.00. The summed E-state index contributed by atoms with van der Waals surface area (Å²) in [7, 11) is 0. The number of fused-ring (bicyclic) bond motifs is 3. The average molecular weight is 296 g/mol.